The van der Waals surface area contributed by atoms with Gasteiger partial charge in [-0.3, -0.25) is 20.4 Å². The van der Waals surface area contributed by atoms with Crippen molar-refractivity contribution in [2.75, 3.05) is 20.3 Å². The van der Waals surface area contributed by atoms with Crippen LogP contribution in [0.3, 0.4) is 0 Å². The number of carbonyl (C=O) groups is 3. The topological polar surface area (TPSA) is 112 Å². The summed E-state index contributed by atoms with van der Waals surface area (Å²) in [4.78, 5) is 35.6. The van der Waals surface area contributed by atoms with Crippen LogP contribution in [0.25, 0.3) is 6.08 Å². The average Bonchev–Trinajstić information content (AvgIpc) is 2.79. The number of hydrazine groups is 1. The van der Waals surface area contributed by atoms with Crippen LogP contribution in [0.5, 0.6) is 17.2 Å². The average molecular weight is 412 g/mol. The molecule has 0 saturated heterocycles. The number of benzene rings is 2. The summed E-state index contributed by atoms with van der Waals surface area (Å²) in [6.07, 6.45) is 1.79. The van der Waals surface area contributed by atoms with Crippen molar-refractivity contribution >= 4 is 23.9 Å². The molecule has 9 nitrogen and oxygen atoms in total. The maximum Gasteiger partial charge on any atom is 0.331 e. The van der Waals surface area contributed by atoms with E-state index in [1.54, 1.807) is 55.6 Å². The Kier molecular flexibility index (Phi) is 6.88. The van der Waals surface area contributed by atoms with Crippen LogP contribution in [0.2, 0.25) is 0 Å². The fraction of sp³-hybridized carbons (Fsp3) is 0.190. The molecule has 1 aliphatic heterocycles. The Balaban J connectivity index is 1.39. The molecule has 2 N–H and O–H groups in total. The van der Waals surface area contributed by atoms with Crippen LogP contribution < -0.4 is 25.1 Å². The summed E-state index contributed by atoms with van der Waals surface area (Å²) in [5.74, 6) is -0.381. The highest BCUT2D eigenvalue weighted by Crippen LogP contribution is 2.30. The third-order valence-corrected chi connectivity index (χ3v) is 3.98. The fourth-order valence-corrected chi connectivity index (χ4v) is 2.49. The Morgan fingerprint density at radius 2 is 1.90 bits per heavy atom. The van der Waals surface area contributed by atoms with Crippen LogP contribution in [0.1, 0.15) is 5.56 Å². The number of methoxy groups -OCH3 is 1. The fourth-order valence-electron chi connectivity index (χ4n) is 2.49. The van der Waals surface area contributed by atoms with Crippen molar-refractivity contribution in [1.82, 2.24) is 10.9 Å². The predicted molar refractivity (Wildman–Crippen MR) is 106 cm³/mol. The van der Waals surface area contributed by atoms with E-state index in [2.05, 4.69) is 10.9 Å². The first kappa shape index (κ1) is 20.7. The first-order chi connectivity index (χ1) is 14.5. The number of fused-ring (bicyclic) bond motifs is 1. The SMILES string of the molecule is COc1cccc(/C=C/C(=O)OCC(=O)NNC(=O)[C@@H]2COc3ccccc3O2)c1. The van der Waals surface area contributed by atoms with Crippen molar-refractivity contribution in [3.05, 3.63) is 60.2 Å². The molecule has 0 radical (unpaired) electrons. The van der Waals surface area contributed by atoms with Gasteiger partial charge in [0.1, 0.15) is 12.4 Å². The molecule has 1 heterocycles. The largest absolute Gasteiger partial charge is 0.497 e. The number of rotatable bonds is 6. The molecule has 0 aromatic heterocycles. The van der Waals surface area contributed by atoms with E-state index in [9.17, 15) is 14.4 Å². The molecule has 1 aliphatic rings. The second-order valence-electron chi connectivity index (χ2n) is 6.12. The highest BCUT2D eigenvalue weighted by atomic mass is 16.6. The standard InChI is InChI=1S/C21H20N2O7/c1-27-15-6-4-5-14(11-15)9-10-20(25)29-13-19(24)22-23-21(26)18-12-28-16-7-2-3-8-17(16)30-18/h2-11,18H,12-13H2,1H3,(H,22,24)(H,23,26)/b10-9+/t18-/m0/s1. The van der Waals surface area contributed by atoms with Crippen LogP contribution in [-0.4, -0.2) is 44.2 Å². The van der Waals surface area contributed by atoms with Crippen molar-refractivity contribution in [1.29, 1.82) is 0 Å². The van der Waals surface area contributed by atoms with Gasteiger partial charge < -0.3 is 18.9 Å². The summed E-state index contributed by atoms with van der Waals surface area (Å²) < 4.78 is 20.9. The Bertz CT molecular complexity index is 958. The molecule has 3 rings (SSSR count). The molecule has 0 fully saturated rings. The number of hydrogen-bond acceptors (Lipinski definition) is 7. The zero-order valence-electron chi connectivity index (χ0n) is 16.1. The third-order valence-electron chi connectivity index (χ3n) is 3.98. The second-order valence-corrected chi connectivity index (χ2v) is 6.12. The number of hydrogen-bond donors (Lipinski definition) is 2. The normalized spacial score (nSPS) is 14.6. The monoisotopic (exact) mass is 412 g/mol. The zero-order chi connectivity index (χ0) is 21.3. The molecule has 0 spiro atoms. The summed E-state index contributed by atoms with van der Waals surface area (Å²) in [7, 11) is 1.54. The lowest BCUT2D eigenvalue weighted by Crippen LogP contribution is -2.51. The molecule has 2 aromatic rings. The first-order valence-electron chi connectivity index (χ1n) is 9.01. The molecule has 156 valence electrons. The van der Waals surface area contributed by atoms with Crippen molar-refractivity contribution in [2.24, 2.45) is 0 Å². The molecule has 30 heavy (non-hydrogen) atoms. The van der Waals surface area contributed by atoms with Crippen LogP contribution in [0.15, 0.2) is 54.6 Å². The smallest absolute Gasteiger partial charge is 0.331 e. The van der Waals surface area contributed by atoms with Crippen molar-refractivity contribution in [3.8, 4) is 17.2 Å². The minimum absolute atomic E-state index is 0.00275. The number of ether oxygens (including phenoxy) is 4. The van der Waals surface area contributed by atoms with Gasteiger partial charge in [0.2, 0.25) is 6.10 Å². The van der Waals surface area contributed by atoms with Gasteiger partial charge in [0.15, 0.2) is 18.1 Å². The lowest BCUT2D eigenvalue weighted by molar-refractivity contribution is -0.145. The maximum absolute atomic E-state index is 12.1. The molecule has 1 atom stereocenters. The minimum atomic E-state index is -0.923. The number of amides is 2. The summed E-state index contributed by atoms with van der Waals surface area (Å²) >= 11 is 0. The summed E-state index contributed by atoms with van der Waals surface area (Å²) in [5, 5.41) is 0. The zero-order valence-corrected chi connectivity index (χ0v) is 16.1. The molecule has 0 aliphatic carbocycles. The highest BCUT2D eigenvalue weighted by molar-refractivity contribution is 5.90. The minimum Gasteiger partial charge on any atom is -0.497 e. The van der Waals surface area contributed by atoms with E-state index >= 15 is 0 Å². The van der Waals surface area contributed by atoms with Gasteiger partial charge in [-0.15, -0.1) is 0 Å². The van der Waals surface area contributed by atoms with Gasteiger partial charge in [0.25, 0.3) is 11.8 Å². The van der Waals surface area contributed by atoms with Gasteiger partial charge in [0.05, 0.1) is 7.11 Å². The van der Waals surface area contributed by atoms with Crippen LogP contribution in [-0.2, 0) is 19.1 Å². The summed E-state index contributed by atoms with van der Waals surface area (Å²) in [6.45, 7) is -0.560. The number of esters is 1. The summed E-state index contributed by atoms with van der Waals surface area (Å²) in [6, 6.07) is 14.0. The highest BCUT2D eigenvalue weighted by Gasteiger charge is 2.27. The number of carbonyl (C=O) groups excluding carboxylic acids is 3. The lowest BCUT2D eigenvalue weighted by atomic mass is 10.2. The predicted octanol–water partition coefficient (Wildman–Crippen LogP) is 1.24. The van der Waals surface area contributed by atoms with E-state index in [1.165, 1.54) is 12.2 Å². The van der Waals surface area contributed by atoms with Crippen molar-refractivity contribution < 1.29 is 33.3 Å². The van der Waals surface area contributed by atoms with Gasteiger partial charge in [-0.2, -0.15) is 0 Å². The van der Waals surface area contributed by atoms with Gasteiger partial charge in [0, 0.05) is 6.08 Å². The van der Waals surface area contributed by atoms with Gasteiger partial charge in [-0.25, -0.2) is 4.79 Å². The van der Waals surface area contributed by atoms with E-state index in [4.69, 9.17) is 18.9 Å². The molecule has 2 aromatic carbocycles. The Hall–Kier alpha value is -4.01. The van der Waals surface area contributed by atoms with E-state index in [1.807, 2.05) is 0 Å². The van der Waals surface area contributed by atoms with E-state index < -0.39 is 30.5 Å². The maximum atomic E-state index is 12.1. The van der Waals surface area contributed by atoms with Crippen LogP contribution in [0, 0.1) is 0 Å². The second kappa shape index (κ2) is 9.97. The van der Waals surface area contributed by atoms with E-state index in [0.29, 0.717) is 17.2 Å². The van der Waals surface area contributed by atoms with Gasteiger partial charge >= 0.3 is 5.97 Å². The van der Waals surface area contributed by atoms with Gasteiger partial charge in [-0.1, -0.05) is 24.3 Å². The third kappa shape index (κ3) is 5.74. The Morgan fingerprint density at radius 3 is 2.70 bits per heavy atom. The lowest BCUT2D eigenvalue weighted by Gasteiger charge is -2.25. The van der Waals surface area contributed by atoms with Gasteiger partial charge in [-0.05, 0) is 35.9 Å². The van der Waals surface area contributed by atoms with Crippen molar-refractivity contribution in [2.45, 2.75) is 6.10 Å². The molecule has 0 unspecified atom stereocenters. The molecule has 9 heteroatoms. The van der Waals surface area contributed by atoms with Crippen molar-refractivity contribution in [3.63, 3.8) is 0 Å². The molecular formula is C21H20N2O7. The van der Waals surface area contributed by atoms with Crippen LogP contribution >= 0.6 is 0 Å². The molecule has 2 amide bonds. The first-order valence-corrected chi connectivity index (χ1v) is 9.01. The van der Waals surface area contributed by atoms with E-state index in [-0.39, 0.29) is 6.61 Å². The summed E-state index contributed by atoms with van der Waals surface area (Å²) in [5.41, 5.74) is 5.10. The molecular weight excluding hydrogens is 392 g/mol. The number of para-hydroxylation sites is 2. The molecule has 0 saturated carbocycles. The Morgan fingerprint density at radius 1 is 1.10 bits per heavy atom. The Labute approximate surface area is 172 Å². The van der Waals surface area contributed by atoms with Crippen LogP contribution in [0.4, 0.5) is 0 Å². The van der Waals surface area contributed by atoms with E-state index in [0.717, 1.165) is 5.56 Å². The quantitative estimate of drug-likeness (QED) is 0.417. The molecule has 0 bridgehead atoms. The number of nitrogens with one attached hydrogen (secondary N) is 2.